The molecule has 1 aliphatic rings. The fourth-order valence-electron chi connectivity index (χ4n) is 1.07. The summed E-state index contributed by atoms with van der Waals surface area (Å²) < 4.78 is 5.09. The predicted octanol–water partition coefficient (Wildman–Crippen LogP) is -0.597. The Balaban J connectivity index is 2.31. The Morgan fingerprint density at radius 3 is 3.00 bits per heavy atom. The van der Waals surface area contributed by atoms with E-state index in [9.17, 15) is 4.79 Å². The number of ether oxygens (including phenoxy) is 1. The van der Waals surface area contributed by atoms with Gasteiger partial charge < -0.3 is 4.74 Å². The number of hydrazine groups is 1. The summed E-state index contributed by atoms with van der Waals surface area (Å²) in [6.07, 6.45) is 1.85. The number of carbonyl (C=O) groups is 1. The van der Waals surface area contributed by atoms with Crippen LogP contribution in [-0.2, 0) is 9.53 Å². The van der Waals surface area contributed by atoms with E-state index < -0.39 is 0 Å². The second-order valence-corrected chi connectivity index (χ2v) is 2.42. The normalized spacial score (nSPS) is 25.9. The van der Waals surface area contributed by atoms with Gasteiger partial charge in [0.2, 0.25) is 5.91 Å². The highest BCUT2D eigenvalue weighted by Gasteiger charge is 2.20. The van der Waals surface area contributed by atoms with Crippen LogP contribution in [0.25, 0.3) is 0 Å². The maximum Gasteiger partial charge on any atom is 0.239 e. The fourth-order valence-corrected chi connectivity index (χ4v) is 1.07. The number of hydrogen-bond acceptors (Lipinski definition) is 3. The lowest BCUT2D eigenvalue weighted by molar-refractivity contribution is -0.129. The second kappa shape index (κ2) is 3.53. The number of nitrogens with one attached hydrogen (secondary N) is 1. The first-order chi connectivity index (χ1) is 4.84. The van der Waals surface area contributed by atoms with Crippen molar-refractivity contribution in [3.8, 4) is 0 Å². The lowest BCUT2D eigenvalue weighted by atomic mass is 10.0. The Morgan fingerprint density at radius 2 is 2.50 bits per heavy atom. The summed E-state index contributed by atoms with van der Waals surface area (Å²) in [5.74, 6) is 4.81. The van der Waals surface area contributed by atoms with Gasteiger partial charge in [0.25, 0.3) is 0 Å². The van der Waals surface area contributed by atoms with Crippen LogP contribution in [0.4, 0.5) is 0 Å². The summed E-state index contributed by atoms with van der Waals surface area (Å²) in [5.41, 5.74) is 2.12. The molecule has 0 radical (unpaired) electrons. The number of rotatable bonds is 1. The third-order valence-electron chi connectivity index (χ3n) is 1.67. The van der Waals surface area contributed by atoms with E-state index in [0.717, 1.165) is 19.4 Å². The topological polar surface area (TPSA) is 64.3 Å². The second-order valence-electron chi connectivity index (χ2n) is 2.42. The third-order valence-corrected chi connectivity index (χ3v) is 1.67. The maximum absolute atomic E-state index is 10.9. The van der Waals surface area contributed by atoms with Crippen molar-refractivity contribution in [2.24, 2.45) is 11.8 Å². The molecule has 58 valence electrons. The molecular formula is C6H12N2O2. The van der Waals surface area contributed by atoms with Gasteiger partial charge in [0, 0.05) is 6.61 Å². The van der Waals surface area contributed by atoms with Crippen LogP contribution in [0, 0.1) is 5.92 Å². The van der Waals surface area contributed by atoms with Crippen LogP contribution in [0.3, 0.4) is 0 Å². The third kappa shape index (κ3) is 1.68. The van der Waals surface area contributed by atoms with Crippen molar-refractivity contribution in [1.82, 2.24) is 5.43 Å². The van der Waals surface area contributed by atoms with Gasteiger partial charge in [-0.1, -0.05) is 0 Å². The summed E-state index contributed by atoms with van der Waals surface area (Å²) in [6.45, 7) is 1.29. The minimum absolute atomic E-state index is 0.0289. The molecule has 1 aliphatic heterocycles. The zero-order valence-corrected chi connectivity index (χ0v) is 5.80. The van der Waals surface area contributed by atoms with Gasteiger partial charge in [-0.15, -0.1) is 0 Å². The number of hydrogen-bond donors (Lipinski definition) is 2. The summed E-state index contributed by atoms with van der Waals surface area (Å²) in [6, 6.07) is 0. The van der Waals surface area contributed by atoms with Gasteiger partial charge in [-0.05, 0) is 12.8 Å². The molecule has 10 heavy (non-hydrogen) atoms. The van der Waals surface area contributed by atoms with Crippen molar-refractivity contribution in [3.63, 3.8) is 0 Å². The molecule has 0 aromatic heterocycles. The highest BCUT2D eigenvalue weighted by Crippen LogP contribution is 2.12. The average molecular weight is 144 g/mol. The van der Waals surface area contributed by atoms with Crippen LogP contribution >= 0.6 is 0 Å². The minimum Gasteiger partial charge on any atom is -0.381 e. The first-order valence-electron chi connectivity index (χ1n) is 3.43. The molecule has 1 saturated heterocycles. The number of carbonyl (C=O) groups excluding carboxylic acids is 1. The zero-order chi connectivity index (χ0) is 7.40. The van der Waals surface area contributed by atoms with E-state index in [1.807, 2.05) is 0 Å². The van der Waals surface area contributed by atoms with Gasteiger partial charge >= 0.3 is 0 Å². The van der Waals surface area contributed by atoms with Gasteiger partial charge in [0.1, 0.15) is 0 Å². The summed E-state index contributed by atoms with van der Waals surface area (Å²) in [4.78, 5) is 10.9. The van der Waals surface area contributed by atoms with Crippen LogP contribution in [0.2, 0.25) is 0 Å². The van der Waals surface area contributed by atoms with E-state index in [0.29, 0.717) is 6.61 Å². The molecule has 1 rings (SSSR count). The summed E-state index contributed by atoms with van der Waals surface area (Å²) in [7, 11) is 0. The van der Waals surface area contributed by atoms with Gasteiger partial charge in [-0.25, -0.2) is 5.84 Å². The van der Waals surface area contributed by atoms with Crippen LogP contribution in [0.15, 0.2) is 0 Å². The molecule has 1 amide bonds. The molecule has 1 heterocycles. The first-order valence-corrected chi connectivity index (χ1v) is 3.43. The van der Waals surface area contributed by atoms with E-state index >= 15 is 0 Å². The fraction of sp³-hybridized carbons (Fsp3) is 0.833. The Bertz CT molecular complexity index is 121. The summed E-state index contributed by atoms with van der Waals surface area (Å²) >= 11 is 0. The van der Waals surface area contributed by atoms with Crippen LogP contribution < -0.4 is 11.3 Å². The standard InChI is InChI=1S/C6H12N2O2/c7-8-6(9)5-2-1-3-10-4-5/h5H,1-4,7H2,(H,8,9). The van der Waals surface area contributed by atoms with E-state index in [1.165, 1.54) is 0 Å². The molecule has 0 saturated carbocycles. The Kier molecular flexibility index (Phi) is 2.65. The van der Waals surface area contributed by atoms with Crippen LogP contribution in [0.5, 0.6) is 0 Å². The molecular weight excluding hydrogens is 132 g/mol. The highest BCUT2D eigenvalue weighted by molar-refractivity contribution is 5.78. The lowest BCUT2D eigenvalue weighted by Gasteiger charge is -2.19. The van der Waals surface area contributed by atoms with Crippen molar-refractivity contribution in [3.05, 3.63) is 0 Å². The molecule has 4 nitrogen and oxygen atoms in total. The van der Waals surface area contributed by atoms with Crippen molar-refractivity contribution >= 4 is 5.91 Å². The Morgan fingerprint density at radius 1 is 1.70 bits per heavy atom. The van der Waals surface area contributed by atoms with Crippen molar-refractivity contribution < 1.29 is 9.53 Å². The van der Waals surface area contributed by atoms with Gasteiger partial charge in [-0.3, -0.25) is 10.2 Å². The quantitative estimate of drug-likeness (QED) is 0.293. The SMILES string of the molecule is NNC(=O)C1CCCOC1. The molecule has 4 heteroatoms. The van der Waals surface area contributed by atoms with Crippen molar-refractivity contribution in [1.29, 1.82) is 0 Å². The van der Waals surface area contributed by atoms with Crippen LogP contribution in [-0.4, -0.2) is 19.1 Å². The summed E-state index contributed by atoms with van der Waals surface area (Å²) in [5, 5.41) is 0. The molecule has 0 aromatic rings. The van der Waals surface area contributed by atoms with Gasteiger partial charge in [0.15, 0.2) is 0 Å². The maximum atomic E-state index is 10.9. The zero-order valence-electron chi connectivity index (χ0n) is 5.80. The molecule has 0 bridgehead atoms. The van der Waals surface area contributed by atoms with E-state index in [4.69, 9.17) is 10.6 Å². The molecule has 1 atom stereocenters. The smallest absolute Gasteiger partial charge is 0.239 e. The average Bonchev–Trinajstić information content (AvgIpc) is 2.05. The van der Waals surface area contributed by atoms with E-state index in [2.05, 4.69) is 5.43 Å². The Labute approximate surface area is 59.7 Å². The predicted molar refractivity (Wildman–Crippen MR) is 35.9 cm³/mol. The molecule has 1 fully saturated rings. The molecule has 0 aromatic carbocycles. The lowest BCUT2D eigenvalue weighted by Crippen LogP contribution is -2.39. The Hall–Kier alpha value is -0.610. The van der Waals surface area contributed by atoms with Crippen molar-refractivity contribution in [2.45, 2.75) is 12.8 Å². The number of nitrogens with two attached hydrogens (primary N) is 1. The first kappa shape index (κ1) is 7.50. The van der Waals surface area contributed by atoms with Gasteiger partial charge in [0.05, 0.1) is 12.5 Å². The van der Waals surface area contributed by atoms with Crippen molar-refractivity contribution in [2.75, 3.05) is 13.2 Å². The van der Waals surface area contributed by atoms with Crippen LogP contribution in [0.1, 0.15) is 12.8 Å². The molecule has 0 aliphatic carbocycles. The molecule has 1 unspecified atom stereocenters. The molecule has 3 N–H and O–H groups in total. The largest absolute Gasteiger partial charge is 0.381 e. The highest BCUT2D eigenvalue weighted by atomic mass is 16.5. The molecule has 0 spiro atoms. The minimum atomic E-state index is -0.111. The van der Waals surface area contributed by atoms with E-state index in [-0.39, 0.29) is 11.8 Å². The number of amides is 1. The monoisotopic (exact) mass is 144 g/mol. The van der Waals surface area contributed by atoms with Gasteiger partial charge in [-0.2, -0.15) is 0 Å². The van der Waals surface area contributed by atoms with E-state index in [1.54, 1.807) is 0 Å².